The van der Waals surface area contributed by atoms with Crippen molar-refractivity contribution in [2.24, 2.45) is 0 Å². The van der Waals surface area contributed by atoms with E-state index in [0.29, 0.717) is 12.0 Å². The molecule has 1 fully saturated rings. The summed E-state index contributed by atoms with van der Waals surface area (Å²) in [6.45, 7) is 1.54. The summed E-state index contributed by atoms with van der Waals surface area (Å²) in [7, 11) is 0. The van der Waals surface area contributed by atoms with Crippen molar-refractivity contribution in [1.29, 1.82) is 0 Å². The Labute approximate surface area is 184 Å². The molecule has 0 aliphatic carbocycles. The predicted molar refractivity (Wildman–Crippen MR) is 116 cm³/mol. The quantitative estimate of drug-likeness (QED) is 0.486. The number of aliphatic hydroxyl groups excluding tert-OH is 4. The average Bonchev–Trinajstić information content (AvgIpc) is 3.23. The molecule has 0 bridgehead atoms. The lowest BCUT2D eigenvalue weighted by Crippen LogP contribution is -2.55. The molecule has 1 saturated heterocycles. The number of thiophene rings is 1. The lowest BCUT2D eigenvalue weighted by molar-refractivity contribution is -0.231. The van der Waals surface area contributed by atoms with E-state index in [1.54, 1.807) is 23.5 Å². The zero-order chi connectivity index (χ0) is 22.1. The molecular formula is C24H25FO5S. The maximum Gasteiger partial charge on any atom is 0.123 e. The zero-order valence-electron chi connectivity index (χ0n) is 17.0. The van der Waals surface area contributed by atoms with Gasteiger partial charge in [-0.15, -0.1) is 11.3 Å². The van der Waals surface area contributed by atoms with Gasteiger partial charge in [-0.05, 0) is 53.4 Å². The van der Waals surface area contributed by atoms with Crippen LogP contribution in [-0.2, 0) is 11.2 Å². The molecule has 2 heterocycles. The lowest BCUT2D eigenvalue weighted by atomic mass is 9.89. The number of aliphatic hydroxyl groups is 4. The van der Waals surface area contributed by atoms with Gasteiger partial charge in [0.1, 0.15) is 36.3 Å². The van der Waals surface area contributed by atoms with Crippen molar-refractivity contribution in [2.75, 3.05) is 6.61 Å². The molecule has 0 amide bonds. The normalized spacial score (nSPS) is 26.2. The van der Waals surface area contributed by atoms with E-state index < -0.39 is 37.1 Å². The van der Waals surface area contributed by atoms with Gasteiger partial charge in [-0.1, -0.05) is 30.3 Å². The molecule has 4 rings (SSSR count). The molecule has 0 spiro atoms. The highest BCUT2D eigenvalue weighted by atomic mass is 32.1. The Kier molecular flexibility index (Phi) is 6.52. The molecule has 3 aromatic rings. The Morgan fingerprint density at radius 2 is 1.68 bits per heavy atom. The Balaban J connectivity index is 1.57. The summed E-state index contributed by atoms with van der Waals surface area (Å²) >= 11 is 1.63. The van der Waals surface area contributed by atoms with Gasteiger partial charge in [-0.25, -0.2) is 4.39 Å². The van der Waals surface area contributed by atoms with Crippen LogP contribution in [0.5, 0.6) is 0 Å². The first-order valence-corrected chi connectivity index (χ1v) is 10.9. The standard InChI is InChI=1S/C24H25FO5S/c1-13-2-3-15(24-23(29)22(28)21(27)19(12-26)30-24)10-16(13)11-18-8-9-20(31-18)14-4-6-17(25)7-5-14/h2-10,19,21-24,26-29H,11-12H2,1H3/t19-,21-,22+,23-,24-/m1/s1. The summed E-state index contributed by atoms with van der Waals surface area (Å²) in [4.78, 5) is 2.19. The molecule has 0 unspecified atom stereocenters. The highest BCUT2D eigenvalue weighted by Crippen LogP contribution is 2.35. The summed E-state index contributed by atoms with van der Waals surface area (Å²) in [6, 6.07) is 16.2. The zero-order valence-corrected chi connectivity index (χ0v) is 17.8. The van der Waals surface area contributed by atoms with Crippen LogP contribution in [0.1, 0.15) is 27.7 Å². The molecule has 1 aliphatic heterocycles. The van der Waals surface area contributed by atoms with Crippen molar-refractivity contribution in [1.82, 2.24) is 0 Å². The minimum atomic E-state index is -1.41. The van der Waals surface area contributed by atoms with Gasteiger partial charge in [0.25, 0.3) is 0 Å². The highest BCUT2D eigenvalue weighted by Gasteiger charge is 2.43. The Hall–Kier alpha value is -2.13. The first kappa shape index (κ1) is 22.1. The van der Waals surface area contributed by atoms with Gasteiger partial charge in [0, 0.05) is 16.2 Å². The van der Waals surface area contributed by atoms with E-state index in [2.05, 4.69) is 0 Å². The Morgan fingerprint density at radius 1 is 0.935 bits per heavy atom. The second kappa shape index (κ2) is 9.16. The summed E-state index contributed by atoms with van der Waals surface area (Å²) in [5, 5.41) is 40.0. The Bertz CT molecular complexity index is 1030. The third-order valence-electron chi connectivity index (χ3n) is 5.75. The van der Waals surface area contributed by atoms with E-state index in [4.69, 9.17) is 4.74 Å². The number of benzene rings is 2. The van der Waals surface area contributed by atoms with Gasteiger partial charge in [-0.3, -0.25) is 0 Å². The summed E-state index contributed by atoms with van der Waals surface area (Å²) in [5.41, 5.74) is 3.75. The van der Waals surface area contributed by atoms with Crippen molar-refractivity contribution in [3.8, 4) is 10.4 Å². The summed E-state index contributed by atoms with van der Waals surface area (Å²) < 4.78 is 18.9. The molecule has 5 nitrogen and oxygen atoms in total. The van der Waals surface area contributed by atoms with Crippen molar-refractivity contribution in [3.63, 3.8) is 0 Å². The number of ether oxygens (including phenoxy) is 1. The molecule has 1 aromatic heterocycles. The van der Waals surface area contributed by atoms with E-state index >= 15 is 0 Å². The fraction of sp³-hybridized carbons (Fsp3) is 0.333. The maximum atomic E-state index is 13.2. The molecule has 0 radical (unpaired) electrons. The first-order chi connectivity index (χ1) is 14.9. The number of hydrogen-bond acceptors (Lipinski definition) is 6. The minimum Gasteiger partial charge on any atom is -0.394 e. The average molecular weight is 445 g/mol. The topological polar surface area (TPSA) is 90.2 Å². The minimum absolute atomic E-state index is 0.263. The molecule has 1 aliphatic rings. The second-order valence-electron chi connectivity index (χ2n) is 7.89. The lowest BCUT2D eigenvalue weighted by Gasteiger charge is -2.40. The van der Waals surface area contributed by atoms with E-state index in [9.17, 15) is 24.8 Å². The smallest absolute Gasteiger partial charge is 0.123 e. The largest absolute Gasteiger partial charge is 0.394 e. The van der Waals surface area contributed by atoms with Crippen molar-refractivity contribution in [3.05, 3.63) is 82.0 Å². The van der Waals surface area contributed by atoms with Gasteiger partial charge < -0.3 is 25.2 Å². The molecule has 4 N–H and O–H groups in total. The highest BCUT2D eigenvalue weighted by molar-refractivity contribution is 7.15. The number of rotatable bonds is 5. The van der Waals surface area contributed by atoms with Gasteiger partial charge in [0.2, 0.25) is 0 Å². The van der Waals surface area contributed by atoms with E-state index in [1.165, 1.54) is 12.1 Å². The molecule has 7 heteroatoms. The molecule has 2 aromatic carbocycles. The van der Waals surface area contributed by atoms with Gasteiger partial charge >= 0.3 is 0 Å². The third kappa shape index (κ3) is 4.57. The van der Waals surface area contributed by atoms with Crippen molar-refractivity contribution >= 4 is 11.3 Å². The predicted octanol–water partition coefficient (Wildman–Crippen LogP) is 2.97. The maximum absolute atomic E-state index is 13.2. The fourth-order valence-electron chi connectivity index (χ4n) is 3.87. The van der Waals surface area contributed by atoms with Crippen LogP contribution < -0.4 is 0 Å². The molecule has 0 saturated carbocycles. The molecule has 5 atom stereocenters. The third-order valence-corrected chi connectivity index (χ3v) is 6.88. The van der Waals surface area contributed by atoms with Crippen LogP contribution in [-0.4, -0.2) is 51.4 Å². The van der Waals surface area contributed by atoms with Gasteiger partial charge in [0.15, 0.2) is 0 Å². The molecule has 164 valence electrons. The number of hydrogen-bond donors (Lipinski definition) is 4. The first-order valence-electron chi connectivity index (χ1n) is 10.1. The number of halogens is 1. The molecule has 31 heavy (non-hydrogen) atoms. The second-order valence-corrected chi connectivity index (χ2v) is 9.05. The monoisotopic (exact) mass is 444 g/mol. The van der Waals surface area contributed by atoms with Crippen LogP contribution in [0.2, 0.25) is 0 Å². The fourth-order valence-corrected chi connectivity index (χ4v) is 4.90. The van der Waals surface area contributed by atoms with Crippen LogP contribution in [0.25, 0.3) is 10.4 Å². The number of aryl methyl sites for hydroxylation is 1. The SMILES string of the molecule is Cc1ccc([C@H]2O[C@H](CO)[C@@H](O)[C@H](O)[C@H]2O)cc1Cc1ccc(-c2ccc(F)cc2)s1. The van der Waals surface area contributed by atoms with Crippen LogP contribution >= 0.6 is 11.3 Å². The van der Waals surface area contributed by atoms with E-state index in [1.807, 2.05) is 37.3 Å². The van der Waals surface area contributed by atoms with Crippen LogP contribution in [0, 0.1) is 12.7 Å². The van der Waals surface area contributed by atoms with Crippen molar-refractivity contribution in [2.45, 2.75) is 43.9 Å². The van der Waals surface area contributed by atoms with Crippen molar-refractivity contribution < 1.29 is 29.6 Å². The summed E-state index contributed by atoms with van der Waals surface area (Å²) in [5.74, 6) is -0.263. The molecular weight excluding hydrogens is 419 g/mol. The van der Waals surface area contributed by atoms with Gasteiger partial charge in [-0.2, -0.15) is 0 Å². The summed E-state index contributed by atoms with van der Waals surface area (Å²) in [6.07, 6.45) is -5.21. The van der Waals surface area contributed by atoms with Crippen LogP contribution in [0.15, 0.2) is 54.6 Å². The van der Waals surface area contributed by atoms with Crippen LogP contribution in [0.3, 0.4) is 0 Å². The van der Waals surface area contributed by atoms with E-state index in [-0.39, 0.29) is 5.82 Å². The van der Waals surface area contributed by atoms with Gasteiger partial charge in [0.05, 0.1) is 6.61 Å². The van der Waals surface area contributed by atoms with Crippen LogP contribution in [0.4, 0.5) is 4.39 Å². The Morgan fingerprint density at radius 3 is 2.39 bits per heavy atom. The van der Waals surface area contributed by atoms with E-state index in [0.717, 1.165) is 26.4 Å².